The monoisotopic (exact) mass is 260 g/mol. The highest BCUT2D eigenvalue weighted by Gasteiger charge is 2.15. The highest BCUT2D eigenvalue weighted by molar-refractivity contribution is 6.30. The molecule has 0 aliphatic rings. The van der Waals surface area contributed by atoms with E-state index in [1.165, 1.54) is 0 Å². The predicted octanol–water partition coefficient (Wildman–Crippen LogP) is 4.35. The van der Waals surface area contributed by atoms with Gasteiger partial charge in [-0.25, -0.2) is 0 Å². The lowest BCUT2D eigenvalue weighted by atomic mass is 9.93. The van der Waals surface area contributed by atoms with E-state index in [2.05, 4.69) is 6.07 Å². The summed E-state index contributed by atoms with van der Waals surface area (Å²) in [6, 6.07) is 11.7. The van der Waals surface area contributed by atoms with Crippen molar-refractivity contribution in [3.8, 4) is 0 Å². The van der Waals surface area contributed by atoms with Crippen LogP contribution in [0.4, 0.5) is 0 Å². The van der Waals surface area contributed by atoms with Crippen LogP contribution in [-0.4, -0.2) is 5.11 Å². The molecule has 0 aromatic heterocycles. The summed E-state index contributed by atoms with van der Waals surface area (Å²) in [5, 5.41) is 11.2. The van der Waals surface area contributed by atoms with E-state index in [1.54, 1.807) is 0 Å². The van der Waals surface area contributed by atoms with Gasteiger partial charge >= 0.3 is 0 Å². The summed E-state index contributed by atoms with van der Waals surface area (Å²) in [6.45, 7) is 6.02. The Morgan fingerprint density at radius 1 is 0.889 bits per heavy atom. The van der Waals surface area contributed by atoms with Crippen LogP contribution in [0.25, 0.3) is 0 Å². The number of hydrogen-bond acceptors (Lipinski definition) is 1. The average Bonchev–Trinajstić information content (AvgIpc) is 2.31. The van der Waals surface area contributed by atoms with Crippen LogP contribution in [0.3, 0.4) is 0 Å². The first-order valence-electron chi connectivity index (χ1n) is 6.00. The molecule has 1 unspecified atom stereocenters. The fourth-order valence-electron chi connectivity index (χ4n) is 2.17. The third-order valence-electron chi connectivity index (χ3n) is 3.26. The molecule has 94 valence electrons. The zero-order chi connectivity index (χ0) is 13.3. The Labute approximate surface area is 113 Å². The molecule has 2 rings (SSSR count). The number of benzene rings is 2. The molecule has 1 atom stereocenters. The molecule has 0 amide bonds. The van der Waals surface area contributed by atoms with Crippen LogP contribution in [0.1, 0.15) is 33.9 Å². The van der Waals surface area contributed by atoms with Crippen molar-refractivity contribution in [3.63, 3.8) is 0 Å². The lowest BCUT2D eigenvalue weighted by molar-refractivity contribution is 0.218. The predicted molar refractivity (Wildman–Crippen MR) is 76.2 cm³/mol. The molecule has 0 aliphatic carbocycles. The molecule has 0 saturated heterocycles. The largest absolute Gasteiger partial charge is 0.384 e. The van der Waals surface area contributed by atoms with E-state index < -0.39 is 6.10 Å². The maximum Gasteiger partial charge on any atom is 0.105 e. The van der Waals surface area contributed by atoms with Crippen molar-refractivity contribution in [2.24, 2.45) is 0 Å². The number of aryl methyl sites for hydroxylation is 3. The zero-order valence-corrected chi connectivity index (χ0v) is 11.6. The van der Waals surface area contributed by atoms with Crippen molar-refractivity contribution in [3.05, 3.63) is 69.2 Å². The standard InChI is InChI=1S/C16H17ClO/c1-10-4-5-11(2)15(8-10)16(18)14-7-6-13(17)9-12(14)3/h4-9,16,18H,1-3H3. The summed E-state index contributed by atoms with van der Waals surface area (Å²) in [5.74, 6) is 0. The van der Waals surface area contributed by atoms with E-state index in [1.807, 2.05) is 51.1 Å². The van der Waals surface area contributed by atoms with Gasteiger partial charge in [-0.3, -0.25) is 0 Å². The molecular weight excluding hydrogens is 244 g/mol. The molecule has 0 spiro atoms. The van der Waals surface area contributed by atoms with Crippen molar-refractivity contribution >= 4 is 11.6 Å². The maximum absolute atomic E-state index is 10.5. The molecule has 0 fully saturated rings. The summed E-state index contributed by atoms with van der Waals surface area (Å²) in [5.41, 5.74) is 5.13. The molecule has 0 bridgehead atoms. The van der Waals surface area contributed by atoms with Gasteiger partial charge in [0.2, 0.25) is 0 Å². The molecule has 2 aromatic rings. The van der Waals surface area contributed by atoms with Crippen molar-refractivity contribution < 1.29 is 5.11 Å². The minimum absolute atomic E-state index is 0.595. The summed E-state index contributed by atoms with van der Waals surface area (Å²) in [7, 11) is 0. The molecule has 0 heterocycles. The summed E-state index contributed by atoms with van der Waals surface area (Å²) in [4.78, 5) is 0. The molecule has 2 heteroatoms. The highest BCUT2D eigenvalue weighted by Crippen LogP contribution is 2.29. The van der Waals surface area contributed by atoms with Gasteiger partial charge in [-0.05, 0) is 55.2 Å². The van der Waals surface area contributed by atoms with Crippen molar-refractivity contribution in [1.82, 2.24) is 0 Å². The molecule has 0 saturated carbocycles. The number of rotatable bonds is 2. The average molecular weight is 261 g/mol. The van der Waals surface area contributed by atoms with Gasteiger partial charge < -0.3 is 5.11 Å². The third kappa shape index (κ3) is 2.58. The first kappa shape index (κ1) is 13.1. The van der Waals surface area contributed by atoms with Crippen molar-refractivity contribution in [2.75, 3.05) is 0 Å². The van der Waals surface area contributed by atoms with Gasteiger partial charge in [0.05, 0.1) is 0 Å². The van der Waals surface area contributed by atoms with Gasteiger partial charge in [0.15, 0.2) is 0 Å². The third-order valence-corrected chi connectivity index (χ3v) is 3.49. The summed E-state index contributed by atoms with van der Waals surface area (Å²) < 4.78 is 0. The van der Waals surface area contributed by atoms with Crippen LogP contribution in [0, 0.1) is 20.8 Å². The van der Waals surface area contributed by atoms with E-state index in [0.717, 1.165) is 27.8 Å². The zero-order valence-electron chi connectivity index (χ0n) is 10.9. The fourth-order valence-corrected chi connectivity index (χ4v) is 2.39. The van der Waals surface area contributed by atoms with Crippen LogP contribution in [-0.2, 0) is 0 Å². The van der Waals surface area contributed by atoms with Gasteiger partial charge in [-0.1, -0.05) is 41.4 Å². The quantitative estimate of drug-likeness (QED) is 0.851. The molecule has 1 N–H and O–H groups in total. The van der Waals surface area contributed by atoms with E-state index in [4.69, 9.17) is 11.6 Å². The normalized spacial score (nSPS) is 12.5. The molecule has 0 aliphatic heterocycles. The first-order valence-corrected chi connectivity index (χ1v) is 6.38. The number of aliphatic hydroxyl groups excluding tert-OH is 1. The second-order valence-corrected chi connectivity index (χ2v) is 5.20. The minimum atomic E-state index is -0.595. The van der Waals surface area contributed by atoms with E-state index >= 15 is 0 Å². The van der Waals surface area contributed by atoms with Gasteiger partial charge in [-0.2, -0.15) is 0 Å². The highest BCUT2D eigenvalue weighted by atomic mass is 35.5. The molecule has 1 nitrogen and oxygen atoms in total. The lowest BCUT2D eigenvalue weighted by Gasteiger charge is -2.17. The van der Waals surface area contributed by atoms with E-state index in [9.17, 15) is 5.11 Å². The van der Waals surface area contributed by atoms with Crippen molar-refractivity contribution in [1.29, 1.82) is 0 Å². The van der Waals surface area contributed by atoms with Crippen LogP contribution in [0.5, 0.6) is 0 Å². The number of hydrogen-bond donors (Lipinski definition) is 1. The van der Waals surface area contributed by atoms with Crippen LogP contribution >= 0.6 is 11.6 Å². The van der Waals surface area contributed by atoms with Gasteiger partial charge in [0.1, 0.15) is 6.10 Å². The Hall–Kier alpha value is -1.31. The van der Waals surface area contributed by atoms with Crippen LogP contribution in [0.15, 0.2) is 36.4 Å². The van der Waals surface area contributed by atoms with Crippen molar-refractivity contribution in [2.45, 2.75) is 26.9 Å². The second-order valence-electron chi connectivity index (χ2n) is 4.76. The van der Waals surface area contributed by atoms with Crippen LogP contribution in [0.2, 0.25) is 5.02 Å². The number of halogens is 1. The molecule has 0 radical (unpaired) electrons. The molecule has 2 aromatic carbocycles. The Kier molecular flexibility index (Phi) is 3.74. The smallest absolute Gasteiger partial charge is 0.105 e. The first-order chi connectivity index (χ1) is 8.49. The van der Waals surface area contributed by atoms with E-state index in [-0.39, 0.29) is 0 Å². The summed E-state index contributed by atoms with van der Waals surface area (Å²) >= 11 is 5.94. The maximum atomic E-state index is 10.5. The second kappa shape index (κ2) is 5.13. The van der Waals surface area contributed by atoms with Gasteiger partial charge in [-0.15, -0.1) is 0 Å². The van der Waals surface area contributed by atoms with Gasteiger partial charge in [0.25, 0.3) is 0 Å². The molecule has 18 heavy (non-hydrogen) atoms. The SMILES string of the molecule is Cc1ccc(C)c(C(O)c2ccc(Cl)cc2C)c1. The van der Waals surface area contributed by atoms with Crippen LogP contribution < -0.4 is 0 Å². The molecular formula is C16H17ClO. The topological polar surface area (TPSA) is 20.2 Å². The lowest BCUT2D eigenvalue weighted by Crippen LogP contribution is -2.04. The number of aliphatic hydroxyl groups is 1. The summed E-state index contributed by atoms with van der Waals surface area (Å²) in [6.07, 6.45) is -0.595. The Morgan fingerprint density at radius 3 is 2.28 bits per heavy atom. The Balaban J connectivity index is 2.47. The Bertz CT molecular complexity index is 575. The Morgan fingerprint density at radius 2 is 1.61 bits per heavy atom. The van der Waals surface area contributed by atoms with E-state index in [0.29, 0.717) is 5.02 Å². The fraction of sp³-hybridized carbons (Fsp3) is 0.250. The minimum Gasteiger partial charge on any atom is -0.384 e. The van der Waals surface area contributed by atoms with Gasteiger partial charge in [0, 0.05) is 5.02 Å².